The molecule has 0 radical (unpaired) electrons. The summed E-state index contributed by atoms with van der Waals surface area (Å²) in [6.07, 6.45) is 6.24. The van der Waals surface area contributed by atoms with Crippen LogP contribution in [0.1, 0.15) is 46.6 Å². The molecule has 1 aliphatic carbocycles. The monoisotopic (exact) mass is 317 g/mol. The third kappa shape index (κ3) is 1.86. The third-order valence-electron chi connectivity index (χ3n) is 5.39. The van der Waals surface area contributed by atoms with E-state index in [9.17, 15) is 9.59 Å². The van der Waals surface area contributed by atoms with E-state index >= 15 is 0 Å². The molecule has 0 bridgehead atoms. The predicted molar refractivity (Wildman–Crippen MR) is 85.6 cm³/mol. The van der Waals surface area contributed by atoms with Crippen molar-refractivity contribution in [1.29, 1.82) is 0 Å². The number of aromatic nitrogens is 2. The smallest absolute Gasteiger partial charge is 0.271 e. The Kier molecular flexibility index (Phi) is 2.95. The van der Waals surface area contributed by atoms with Crippen LogP contribution in [0.3, 0.4) is 0 Å². The highest BCUT2D eigenvalue weighted by atomic mass is 32.1. The first-order valence-electron chi connectivity index (χ1n) is 7.78. The number of aryl methyl sites for hydroxylation is 2. The predicted octanol–water partition coefficient (Wildman–Crippen LogP) is 2.39. The van der Waals surface area contributed by atoms with Gasteiger partial charge in [0.25, 0.3) is 11.5 Å². The van der Waals surface area contributed by atoms with Gasteiger partial charge in [-0.1, -0.05) is 6.42 Å². The molecule has 2 aromatic rings. The molecule has 0 N–H and O–H groups in total. The summed E-state index contributed by atoms with van der Waals surface area (Å²) in [5.41, 5.74) is 1.20. The molecular formula is C16H19N3O2S. The molecule has 1 spiro atoms. The maximum atomic E-state index is 12.7. The summed E-state index contributed by atoms with van der Waals surface area (Å²) in [4.78, 5) is 33.3. The lowest BCUT2D eigenvalue weighted by Crippen LogP contribution is -2.38. The van der Waals surface area contributed by atoms with Crippen molar-refractivity contribution in [2.45, 2.75) is 39.5 Å². The summed E-state index contributed by atoms with van der Waals surface area (Å²) >= 11 is 1.49. The first kappa shape index (κ1) is 13.9. The summed E-state index contributed by atoms with van der Waals surface area (Å²) in [7, 11) is 0. The van der Waals surface area contributed by atoms with E-state index in [1.807, 2.05) is 18.7 Å². The Morgan fingerprint density at radius 3 is 2.73 bits per heavy atom. The van der Waals surface area contributed by atoms with Gasteiger partial charge in [-0.2, -0.15) is 0 Å². The van der Waals surface area contributed by atoms with E-state index in [1.54, 1.807) is 4.40 Å². The highest BCUT2D eigenvalue weighted by Crippen LogP contribution is 2.48. The summed E-state index contributed by atoms with van der Waals surface area (Å²) in [6.45, 7) is 5.43. The highest BCUT2D eigenvalue weighted by Gasteiger charge is 2.44. The van der Waals surface area contributed by atoms with Gasteiger partial charge in [-0.15, -0.1) is 11.3 Å². The Morgan fingerprint density at radius 1 is 1.32 bits per heavy atom. The van der Waals surface area contributed by atoms with E-state index in [1.165, 1.54) is 36.8 Å². The van der Waals surface area contributed by atoms with Gasteiger partial charge in [0.2, 0.25) is 0 Å². The van der Waals surface area contributed by atoms with Gasteiger partial charge in [0, 0.05) is 29.9 Å². The number of hydrogen-bond donors (Lipinski definition) is 0. The number of nitrogens with zero attached hydrogens (tertiary/aromatic N) is 3. The molecule has 1 saturated heterocycles. The number of rotatable bonds is 1. The van der Waals surface area contributed by atoms with E-state index < -0.39 is 0 Å². The molecule has 1 aliphatic heterocycles. The van der Waals surface area contributed by atoms with Crippen molar-refractivity contribution >= 4 is 22.2 Å². The minimum Gasteiger partial charge on any atom is -0.338 e. The van der Waals surface area contributed by atoms with Crippen molar-refractivity contribution < 1.29 is 4.79 Å². The number of thiazole rings is 1. The minimum absolute atomic E-state index is 0.154. The van der Waals surface area contributed by atoms with E-state index in [0.29, 0.717) is 10.4 Å². The fourth-order valence-corrected chi connectivity index (χ4v) is 4.62. The van der Waals surface area contributed by atoms with Gasteiger partial charge >= 0.3 is 0 Å². The Labute approximate surface area is 132 Å². The van der Waals surface area contributed by atoms with Crippen LogP contribution in [0.25, 0.3) is 4.96 Å². The molecule has 0 unspecified atom stereocenters. The van der Waals surface area contributed by atoms with Crippen LogP contribution in [0.5, 0.6) is 0 Å². The summed E-state index contributed by atoms with van der Waals surface area (Å²) in [6, 6.07) is 0. The number of likely N-dealkylation sites (tertiary alicyclic amines) is 1. The Bertz CT molecular complexity index is 832. The molecule has 5 nitrogen and oxygen atoms in total. The quantitative estimate of drug-likeness (QED) is 0.811. The average molecular weight is 317 g/mol. The van der Waals surface area contributed by atoms with Crippen molar-refractivity contribution in [3.8, 4) is 0 Å². The Balaban J connectivity index is 1.72. The number of amides is 1. The topological polar surface area (TPSA) is 54.7 Å². The zero-order valence-electron chi connectivity index (χ0n) is 12.9. The van der Waals surface area contributed by atoms with Crippen LogP contribution >= 0.6 is 11.3 Å². The first-order chi connectivity index (χ1) is 10.5. The van der Waals surface area contributed by atoms with Gasteiger partial charge in [-0.3, -0.25) is 14.0 Å². The lowest BCUT2D eigenvalue weighted by Gasteiger charge is -2.37. The van der Waals surface area contributed by atoms with Gasteiger partial charge in [0.05, 0.1) is 0 Å². The molecule has 22 heavy (non-hydrogen) atoms. The van der Waals surface area contributed by atoms with Gasteiger partial charge in [-0.25, -0.2) is 4.98 Å². The van der Waals surface area contributed by atoms with Gasteiger partial charge in [-0.05, 0) is 38.5 Å². The van der Waals surface area contributed by atoms with E-state index in [0.717, 1.165) is 30.1 Å². The van der Waals surface area contributed by atoms with Crippen LogP contribution in [0.4, 0.5) is 0 Å². The zero-order chi connectivity index (χ0) is 15.5. The minimum atomic E-state index is -0.230. The van der Waals surface area contributed by atoms with Crippen LogP contribution in [0.2, 0.25) is 0 Å². The van der Waals surface area contributed by atoms with Crippen molar-refractivity contribution in [3.05, 3.63) is 32.7 Å². The molecule has 1 amide bonds. The molecule has 1 saturated carbocycles. The van der Waals surface area contributed by atoms with Crippen LogP contribution in [-0.2, 0) is 0 Å². The fraction of sp³-hybridized carbons (Fsp3) is 0.562. The maximum absolute atomic E-state index is 12.7. The molecule has 0 aromatic carbocycles. The SMILES string of the molecule is Cc1sc2ncc(C(=O)N3CCC4(CCC4)C3)c(=O)n2c1C. The largest absolute Gasteiger partial charge is 0.338 e. The number of hydrogen-bond acceptors (Lipinski definition) is 4. The molecule has 4 rings (SSSR count). The molecule has 0 atom stereocenters. The normalized spacial score (nSPS) is 19.8. The van der Waals surface area contributed by atoms with Crippen molar-refractivity contribution in [1.82, 2.24) is 14.3 Å². The molecule has 2 aliphatic rings. The molecule has 2 aromatic heterocycles. The number of carbonyl (C=O) groups excluding carboxylic acids is 1. The zero-order valence-corrected chi connectivity index (χ0v) is 13.7. The lowest BCUT2D eigenvalue weighted by atomic mass is 9.68. The number of carbonyl (C=O) groups is 1. The summed E-state index contributed by atoms with van der Waals surface area (Å²) < 4.78 is 1.57. The molecule has 6 heteroatoms. The Hall–Kier alpha value is -1.69. The van der Waals surface area contributed by atoms with E-state index in [-0.39, 0.29) is 17.0 Å². The molecule has 116 valence electrons. The molecule has 2 fully saturated rings. The highest BCUT2D eigenvalue weighted by molar-refractivity contribution is 7.17. The van der Waals surface area contributed by atoms with E-state index in [4.69, 9.17) is 0 Å². The fourth-order valence-electron chi connectivity index (χ4n) is 3.69. The first-order valence-corrected chi connectivity index (χ1v) is 8.59. The molecular weight excluding hydrogens is 298 g/mol. The van der Waals surface area contributed by atoms with Crippen molar-refractivity contribution in [3.63, 3.8) is 0 Å². The lowest BCUT2D eigenvalue weighted by molar-refractivity contribution is 0.0730. The second-order valence-corrected chi connectivity index (χ2v) is 7.85. The summed E-state index contributed by atoms with van der Waals surface area (Å²) in [5, 5.41) is 0. The average Bonchev–Trinajstić information content (AvgIpc) is 3.02. The Morgan fingerprint density at radius 2 is 2.09 bits per heavy atom. The number of fused-ring (bicyclic) bond motifs is 1. The van der Waals surface area contributed by atoms with Crippen LogP contribution < -0.4 is 5.56 Å². The van der Waals surface area contributed by atoms with Crippen molar-refractivity contribution in [2.75, 3.05) is 13.1 Å². The van der Waals surface area contributed by atoms with E-state index in [2.05, 4.69) is 4.98 Å². The van der Waals surface area contributed by atoms with Gasteiger partial charge in [0.1, 0.15) is 5.56 Å². The van der Waals surface area contributed by atoms with Gasteiger partial charge < -0.3 is 4.90 Å². The second-order valence-electron chi connectivity index (χ2n) is 6.67. The standard InChI is InChI=1S/C16H19N3O2S/c1-10-11(2)22-15-17-8-12(14(21)19(10)15)13(20)18-7-6-16(9-18)4-3-5-16/h8H,3-7,9H2,1-2H3. The van der Waals surface area contributed by atoms with Gasteiger partial charge in [0.15, 0.2) is 4.96 Å². The van der Waals surface area contributed by atoms with Crippen LogP contribution in [0, 0.1) is 19.3 Å². The van der Waals surface area contributed by atoms with Crippen molar-refractivity contribution in [2.24, 2.45) is 5.41 Å². The van der Waals surface area contributed by atoms with Crippen LogP contribution in [0.15, 0.2) is 11.0 Å². The summed E-state index contributed by atoms with van der Waals surface area (Å²) in [5.74, 6) is -0.154. The molecule has 3 heterocycles. The second kappa shape index (κ2) is 4.65. The maximum Gasteiger partial charge on any atom is 0.271 e. The van der Waals surface area contributed by atoms with Crippen LogP contribution in [-0.4, -0.2) is 33.3 Å². The third-order valence-corrected chi connectivity index (χ3v) is 6.46.